The minimum Gasteiger partial charge on any atom is -0.346 e. The van der Waals surface area contributed by atoms with Crippen molar-refractivity contribution in [2.24, 2.45) is 7.05 Å². The molecule has 1 amide bonds. The Hall–Kier alpha value is -3.16. The third kappa shape index (κ3) is 4.16. The monoisotopic (exact) mass is 424 g/mol. The van der Waals surface area contributed by atoms with Gasteiger partial charge >= 0.3 is 0 Å². The standard InChI is InChI=1S/C21H17ClN4O2S/c1-26-10-2-3-16(21(26)28)13-4-6-14(7-5-13)19-23-11-15(25-19)12-24-20(27)17-8-9-18(22)29-17/h2-11H,12H2,1H3,(H,23,25)(H,24,27). The number of benzene rings is 1. The highest BCUT2D eigenvalue weighted by Crippen LogP contribution is 2.22. The largest absolute Gasteiger partial charge is 0.346 e. The van der Waals surface area contributed by atoms with Gasteiger partial charge in [0.05, 0.1) is 27.6 Å². The van der Waals surface area contributed by atoms with E-state index in [1.54, 1.807) is 36.1 Å². The number of H-pyrrole nitrogens is 1. The summed E-state index contributed by atoms with van der Waals surface area (Å²) in [6.07, 6.45) is 3.42. The number of amides is 1. The molecule has 1 aromatic carbocycles. The van der Waals surface area contributed by atoms with E-state index in [9.17, 15) is 9.59 Å². The number of aromatic amines is 1. The number of hydrogen-bond donors (Lipinski definition) is 2. The molecule has 0 spiro atoms. The quantitative estimate of drug-likeness (QED) is 0.506. The molecule has 0 bridgehead atoms. The Labute approximate surface area is 175 Å². The maximum absolute atomic E-state index is 12.3. The van der Waals surface area contributed by atoms with Crippen molar-refractivity contribution in [3.05, 3.63) is 86.2 Å². The average Bonchev–Trinajstić information content (AvgIpc) is 3.38. The molecule has 0 aliphatic rings. The molecule has 0 aliphatic carbocycles. The van der Waals surface area contributed by atoms with E-state index in [1.807, 2.05) is 36.4 Å². The first-order chi connectivity index (χ1) is 14.0. The second-order valence-electron chi connectivity index (χ2n) is 6.46. The van der Waals surface area contributed by atoms with Gasteiger partial charge < -0.3 is 14.9 Å². The number of thiophene rings is 1. The number of carbonyl (C=O) groups excluding carboxylic acids is 1. The fourth-order valence-electron chi connectivity index (χ4n) is 2.92. The lowest BCUT2D eigenvalue weighted by molar-refractivity contribution is 0.0954. The summed E-state index contributed by atoms with van der Waals surface area (Å²) >= 11 is 7.10. The number of rotatable bonds is 5. The summed E-state index contributed by atoms with van der Waals surface area (Å²) in [6, 6.07) is 14.7. The van der Waals surface area contributed by atoms with Gasteiger partial charge in [-0.15, -0.1) is 11.3 Å². The van der Waals surface area contributed by atoms with Crippen LogP contribution in [0.2, 0.25) is 4.34 Å². The van der Waals surface area contributed by atoms with E-state index in [-0.39, 0.29) is 11.5 Å². The summed E-state index contributed by atoms with van der Waals surface area (Å²) in [5.41, 5.74) is 3.14. The Morgan fingerprint density at radius 1 is 1.17 bits per heavy atom. The van der Waals surface area contributed by atoms with Gasteiger partial charge in [0.15, 0.2) is 0 Å². The van der Waals surface area contributed by atoms with Crippen molar-refractivity contribution >= 4 is 28.8 Å². The normalized spacial score (nSPS) is 10.8. The maximum Gasteiger partial charge on any atom is 0.261 e. The van der Waals surface area contributed by atoms with Crippen LogP contribution in [0.25, 0.3) is 22.5 Å². The van der Waals surface area contributed by atoms with E-state index < -0.39 is 0 Å². The molecule has 0 radical (unpaired) electrons. The minimum atomic E-state index is -0.174. The van der Waals surface area contributed by atoms with Crippen molar-refractivity contribution in [1.82, 2.24) is 19.9 Å². The zero-order chi connectivity index (χ0) is 20.4. The van der Waals surface area contributed by atoms with Gasteiger partial charge in [-0.2, -0.15) is 0 Å². The molecule has 2 N–H and O–H groups in total. The Morgan fingerprint density at radius 2 is 1.93 bits per heavy atom. The van der Waals surface area contributed by atoms with Crippen LogP contribution in [0.3, 0.4) is 0 Å². The number of aromatic nitrogens is 3. The third-order valence-electron chi connectivity index (χ3n) is 4.46. The molecule has 0 saturated heterocycles. The fraction of sp³-hybridized carbons (Fsp3) is 0.0952. The lowest BCUT2D eigenvalue weighted by Gasteiger charge is -2.05. The first kappa shape index (κ1) is 19.2. The number of pyridine rings is 1. The molecule has 0 saturated carbocycles. The van der Waals surface area contributed by atoms with Gasteiger partial charge in [-0.3, -0.25) is 9.59 Å². The number of imidazole rings is 1. The van der Waals surface area contributed by atoms with E-state index >= 15 is 0 Å². The second-order valence-corrected chi connectivity index (χ2v) is 8.17. The molecular weight excluding hydrogens is 408 g/mol. The van der Waals surface area contributed by atoms with Gasteiger partial charge in [0.2, 0.25) is 0 Å². The predicted molar refractivity (Wildman–Crippen MR) is 115 cm³/mol. The molecule has 0 fully saturated rings. The van der Waals surface area contributed by atoms with Crippen LogP contribution >= 0.6 is 22.9 Å². The first-order valence-corrected chi connectivity index (χ1v) is 10.0. The van der Waals surface area contributed by atoms with Crippen LogP contribution < -0.4 is 10.9 Å². The average molecular weight is 425 g/mol. The van der Waals surface area contributed by atoms with Crippen LogP contribution in [0.4, 0.5) is 0 Å². The van der Waals surface area contributed by atoms with Crippen LogP contribution in [0, 0.1) is 0 Å². The Bertz CT molecular complexity index is 1220. The highest BCUT2D eigenvalue weighted by Gasteiger charge is 2.10. The van der Waals surface area contributed by atoms with Gasteiger partial charge in [-0.1, -0.05) is 35.9 Å². The van der Waals surface area contributed by atoms with Crippen molar-refractivity contribution in [3.8, 4) is 22.5 Å². The molecule has 3 aromatic heterocycles. The summed E-state index contributed by atoms with van der Waals surface area (Å²) < 4.78 is 2.14. The Morgan fingerprint density at radius 3 is 2.66 bits per heavy atom. The number of nitrogens with one attached hydrogen (secondary N) is 2. The summed E-state index contributed by atoms with van der Waals surface area (Å²) in [5, 5.41) is 2.84. The van der Waals surface area contributed by atoms with Crippen molar-refractivity contribution in [3.63, 3.8) is 0 Å². The van der Waals surface area contributed by atoms with Crippen molar-refractivity contribution in [1.29, 1.82) is 0 Å². The zero-order valence-corrected chi connectivity index (χ0v) is 17.1. The molecule has 29 heavy (non-hydrogen) atoms. The highest BCUT2D eigenvalue weighted by molar-refractivity contribution is 7.17. The molecule has 0 unspecified atom stereocenters. The van der Waals surface area contributed by atoms with E-state index in [0.717, 1.165) is 16.8 Å². The number of aryl methyl sites for hydroxylation is 1. The summed E-state index contributed by atoms with van der Waals surface area (Å²) in [7, 11) is 1.73. The summed E-state index contributed by atoms with van der Waals surface area (Å²) in [4.78, 5) is 32.5. The number of nitrogens with zero attached hydrogens (tertiary/aromatic N) is 2. The van der Waals surface area contributed by atoms with Crippen LogP contribution in [-0.2, 0) is 13.6 Å². The SMILES string of the molecule is Cn1cccc(-c2ccc(-c3ncc(CNC(=O)c4ccc(Cl)s4)[nH]3)cc2)c1=O. The van der Waals surface area contributed by atoms with Crippen LogP contribution in [0.1, 0.15) is 15.4 Å². The molecule has 3 heterocycles. The van der Waals surface area contributed by atoms with E-state index in [2.05, 4.69) is 15.3 Å². The first-order valence-electron chi connectivity index (χ1n) is 8.85. The smallest absolute Gasteiger partial charge is 0.261 e. The second kappa shape index (κ2) is 8.06. The topological polar surface area (TPSA) is 79.8 Å². The number of halogens is 1. The molecule has 146 valence electrons. The number of hydrogen-bond acceptors (Lipinski definition) is 4. The molecule has 0 aliphatic heterocycles. The van der Waals surface area contributed by atoms with Crippen LogP contribution in [0.5, 0.6) is 0 Å². The van der Waals surface area contributed by atoms with Crippen LogP contribution in [-0.4, -0.2) is 20.4 Å². The maximum atomic E-state index is 12.3. The summed E-state index contributed by atoms with van der Waals surface area (Å²) in [6.45, 7) is 0.333. The Kier molecular flexibility index (Phi) is 5.33. The molecular formula is C21H17ClN4O2S. The van der Waals surface area contributed by atoms with E-state index in [4.69, 9.17) is 11.6 Å². The van der Waals surface area contributed by atoms with Crippen molar-refractivity contribution in [2.45, 2.75) is 6.54 Å². The van der Waals surface area contributed by atoms with Gasteiger partial charge in [0.25, 0.3) is 11.5 Å². The van der Waals surface area contributed by atoms with E-state index in [1.165, 1.54) is 11.3 Å². The lowest BCUT2D eigenvalue weighted by atomic mass is 10.1. The van der Waals surface area contributed by atoms with Gasteiger partial charge in [0, 0.05) is 24.4 Å². The fourth-order valence-corrected chi connectivity index (χ4v) is 3.88. The molecule has 6 nitrogen and oxygen atoms in total. The number of carbonyl (C=O) groups is 1. The summed E-state index contributed by atoms with van der Waals surface area (Å²) in [5.74, 6) is 0.521. The zero-order valence-electron chi connectivity index (χ0n) is 15.5. The Balaban J connectivity index is 1.46. The van der Waals surface area contributed by atoms with Gasteiger partial charge in [-0.25, -0.2) is 4.98 Å². The van der Waals surface area contributed by atoms with Crippen molar-refractivity contribution < 1.29 is 4.79 Å². The van der Waals surface area contributed by atoms with Crippen LogP contribution in [0.15, 0.2) is 65.7 Å². The highest BCUT2D eigenvalue weighted by atomic mass is 35.5. The predicted octanol–water partition coefficient (Wildman–Crippen LogP) is 4.09. The third-order valence-corrected chi connectivity index (χ3v) is 5.69. The van der Waals surface area contributed by atoms with E-state index in [0.29, 0.717) is 27.1 Å². The molecule has 4 aromatic rings. The van der Waals surface area contributed by atoms with Crippen molar-refractivity contribution in [2.75, 3.05) is 0 Å². The van der Waals surface area contributed by atoms with Gasteiger partial charge in [-0.05, 0) is 29.8 Å². The molecule has 0 atom stereocenters. The van der Waals surface area contributed by atoms with Gasteiger partial charge in [0.1, 0.15) is 5.82 Å². The lowest BCUT2D eigenvalue weighted by Crippen LogP contribution is -2.21. The minimum absolute atomic E-state index is 0.0386. The molecule has 8 heteroatoms. The molecule has 4 rings (SSSR count).